The molecule has 0 bridgehead atoms. The van der Waals surface area contributed by atoms with Crippen molar-refractivity contribution in [2.45, 2.75) is 38.5 Å². The highest BCUT2D eigenvalue weighted by Crippen LogP contribution is 2.18. The molecule has 0 saturated carbocycles. The SMILES string of the molecule is CC(C)NC(=NC(N)CC(N)c1ccc(Cl)cc1)NC(=O)c1cccc(F)c1. The van der Waals surface area contributed by atoms with E-state index in [0.29, 0.717) is 11.4 Å². The van der Waals surface area contributed by atoms with E-state index in [9.17, 15) is 9.18 Å². The molecular weight excluding hydrogens is 381 g/mol. The maximum atomic E-state index is 13.3. The third kappa shape index (κ3) is 6.92. The molecule has 0 fully saturated rings. The second-order valence-electron chi connectivity index (χ2n) is 6.70. The molecule has 6 nitrogen and oxygen atoms in total. The number of hydrogen-bond donors (Lipinski definition) is 4. The molecule has 0 spiro atoms. The van der Waals surface area contributed by atoms with Crippen LogP contribution in [0.5, 0.6) is 0 Å². The zero-order chi connectivity index (χ0) is 20.7. The summed E-state index contributed by atoms with van der Waals surface area (Å²) < 4.78 is 13.3. The van der Waals surface area contributed by atoms with Crippen LogP contribution < -0.4 is 22.1 Å². The Labute approximate surface area is 169 Å². The van der Waals surface area contributed by atoms with E-state index in [1.807, 2.05) is 26.0 Å². The summed E-state index contributed by atoms with van der Waals surface area (Å²) in [6.07, 6.45) is -0.291. The lowest BCUT2D eigenvalue weighted by Gasteiger charge is -2.19. The first kappa shape index (κ1) is 21.8. The van der Waals surface area contributed by atoms with Crippen molar-refractivity contribution in [1.82, 2.24) is 10.6 Å². The van der Waals surface area contributed by atoms with Crippen molar-refractivity contribution in [3.05, 3.63) is 70.5 Å². The lowest BCUT2D eigenvalue weighted by atomic mass is 10.0. The number of halogens is 2. The van der Waals surface area contributed by atoms with E-state index < -0.39 is 17.9 Å². The quantitative estimate of drug-likeness (QED) is 0.438. The Balaban J connectivity index is 2.08. The van der Waals surface area contributed by atoms with Crippen LogP contribution in [-0.2, 0) is 0 Å². The molecule has 28 heavy (non-hydrogen) atoms. The molecule has 8 heteroatoms. The van der Waals surface area contributed by atoms with Gasteiger partial charge in [-0.2, -0.15) is 0 Å². The van der Waals surface area contributed by atoms with Crippen LogP contribution in [0.4, 0.5) is 4.39 Å². The fraction of sp³-hybridized carbons (Fsp3) is 0.300. The van der Waals surface area contributed by atoms with Crippen LogP contribution >= 0.6 is 11.6 Å². The first-order valence-electron chi connectivity index (χ1n) is 8.92. The van der Waals surface area contributed by atoms with E-state index in [0.717, 1.165) is 11.6 Å². The average molecular weight is 406 g/mol. The predicted molar refractivity (Wildman–Crippen MR) is 111 cm³/mol. The molecule has 1 amide bonds. The number of aliphatic imine (C=N–C) groups is 1. The van der Waals surface area contributed by atoms with E-state index >= 15 is 0 Å². The van der Waals surface area contributed by atoms with Crippen LogP contribution in [0.3, 0.4) is 0 Å². The number of rotatable bonds is 6. The van der Waals surface area contributed by atoms with Crippen LogP contribution in [-0.4, -0.2) is 24.1 Å². The fourth-order valence-electron chi connectivity index (χ4n) is 2.51. The molecule has 150 valence electrons. The predicted octanol–water partition coefficient (Wildman–Crippen LogP) is 2.94. The second-order valence-corrected chi connectivity index (χ2v) is 7.14. The summed E-state index contributed by atoms with van der Waals surface area (Å²) in [6, 6.07) is 12.3. The van der Waals surface area contributed by atoms with Gasteiger partial charge in [-0.15, -0.1) is 0 Å². The van der Waals surface area contributed by atoms with Crippen molar-refractivity contribution in [1.29, 1.82) is 0 Å². The maximum absolute atomic E-state index is 13.3. The first-order valence-corrected chi connectivity index (χ1v) is 9.30. The molecular formula is C20H25ClFN5O. The topological polar surface area (TPSA) is 106 Å². The molecule has 0 aliphatic heterocycles. The van der Waals surface area contributed by atoms with Gasteiger partial charge in [-0.25, -0.2) is 9.38 Å². The Hall–Kier alpha value is -2.48. The number of nitrogens with two attached hydrogens (primary N) is 2. The van der Waals surface area contributed by atoms with E-state index in [1.54, 1.807) is 12.1 Å². The van der Waals surface area contributed by atoms with Crippen LogP contribution in [0.15, 0.2) is 53.5 Å². The number of guanidine groups is 1. The molecule has 0 aliphatic rings. The molecule has 0 aliphatic carbocycles. The van der Waals surface area contributed by atoms with Gasteiger partial charge in [0, 0.05) is 29.1 Å². The van der Waals surface area contributed by atoms with Crippen LogP contribution in [0.25, 0.3) is 0 Å². The highest BCUT2D eigenvalue weighted by atomic mass is 35.5. The van der Waals surface area contributed by atoms with Crippen LogP contribution in [0, 0.1) is 5.82 Å². The van der Waals surface area contributed by atoms with Crippen molar-refractivity contribution >= 4 is 23.5 Å². The molecule has 0 saturated heterocycles. The molecule has 0 radical (unpaired) electrons. The summed E-state index contributed by atoms with van der Waals surface area (Å²) in [6.45, 7) is 3.80. The van der Waals surface area contributed by atoms with Gasteiger partial charge in [0.25, 0.3) is 5.91 Å². The summed E-state index contributed by atoms with van der Waals surface area (Å²) in [5.74, 6) is -0.769. The van der Waals surface area contributed by atoms with Gasteiger partial charge in [0.15, 0.2) is 5.96 Å². The van der Waals surface area contributed by atoms with Gasteiger partial charge in [-0.3, -0.25) is 10.1 Å². The third-order valence-corrected chi connectivity index (χ3v) is 4.08. The fourth-order valence-corrected chi connectivity index (χ4v) is 2.64. The summed E-state index contributed by atoms with van der Waals surface area (Å²) in [5, 5.41) is 6.30. The van der Waals surface area contributed by atoms with E-state index in [2.05, 4.69) is 15.6 Å². The van der Waals surface area contributed by atoms with Crippen molar-refractivity contribution in [3.8, 4) is 0 Å². The molecule has 2 atom stereocenters. The summed E-state index contributed by atoms with van der Waals surface area (Å²) in [4.78, 5) is 16.7. The molecule has 0 heterocycles. The molecule has 2 aromatic rings. The minimum atomic E-state index is -0.653. The van der Waals surface area contributed by atoms with Gasteiger partial charge in [-0.1, -0.05) is 29.8 Å². The van der Waals surface area contributed by atoms with Crippen LogP contribution in [0.1, 0.15) is 42.2 Å². The minimum Gasteiger partial charge on any atom is -0.354 e. The van der Waals surface area contributed by atoms with Crippen molar-refractivity contribution in [2.75, 3.05) is 0 Å². The number of carbonyl (C=O) groups excluding carboxylic acids is 1. The standard InChI is InChI=1S/C20H25ClFN5O/c1-12(2)25-20(27-19(28)14-4-3-5-16(22)10-14)26-18(24)11-17(23)13-6-8-15(21)9-7-13/h3-10,12,17-18H,11,23-24H2,1-2H3,(H2,25,26,27,28). The number of benzene rings is 2. The van der Waals surface area contributed by atoms with E-state index in [-0.39, 0.29) is 23.6 Å². The van der Waals surface area contributed by atoms with Gasteiger partial charge in [0.1, 0.15) is 12.0 Å². The molecule has 2 rings (SSSR count). The Bertz CT molecular complexity index is 826. The average Bonchev–Trinajstić information content (AvgIpc) is 2.61. The number of amides is 1. The van der Waals surface area contributed by atoms with Gasteiger partial charge in [0.2, 0.25) is 0 Å². The summed E-state index contributed by atoms with van der Waals surface area (Å²) in [5.41, 5.74) is 13.4. The van der Waals surface area contributed by atoms with Gasteiger partial charge in [-0.05, 0) is 49.7 Å². The zero-order valence-corrected chi connectivity index (χ0v) is 16.6. The Morgan fingerprint density at radius 3 is 2.46 bits per heavy atom. The molecule has 2 aromatic carbocycles. The number of hydrogen-bond acceptors (Lipinski definition) is 4. The first-order chi connectivity index (χ1) is 13.2. The van der Waals surface area contributed by atoms with Gasteiger partial charge < -0.3 is 16.8 Å². The van der Waals surface area contributed by atoms with Crippen molar-refractivity contribution < 1.29 is 9.18 Å². The highest BCUT2D eigenvalue weighted by molar-refractivity contribution is 6.30. The highest BCUT2D eigenvalue weighted by Gasteiger charge is 2.15. The molecule has 6 N–H and O–H groups in total. The smallest absolute Gasteiger partial charge is 0.258 e. The second kappa shape index (κ2) is 10.2. The lowest BCUT2D eigenvalue weighted by Crippen LogP contribution is -2.45. The normalized spacial score (nSPS) is 13.9. The minimum absolute atomic E-state index is 0.00342. The summed E-state index contributed by atoms with van der Waals surface area (Å²) in [7, 11) is 0. The Kier molecular flexibility index (Phi) is 7.92. The largest absolute Gasteiger partial charge is 0.354 e. The van der Waals surface area contributed by atoms with E-state index in [1.165, 1.54) is 18.2 Å². The lowest BCUT2D eigenvalue weighted by molar-refractivity contribution is 0.0975. The number of nitrogens with one attached hydrogen (secondary N) is 2. The van der Waals surface area contributed by atoms with Gasteiger partial charge in [0.05, 0.1) is 0 Å². The van der Waals surface area contributed by atoms with Crippen molar-refractivity contribution in [3.63, 3.8) is 0 Å². The molecule has 0 aromatic heterocycles. The van der Waals surface area contributed by atoms with Crippen LogP contribution in [0.2, 0.25) is 5.02 Å². The number of nitrogens with zero attached hydrogens (tertiary/aromatic N) is 1. The summed E-state index contributed by atoms with van der Waals surface area (Å²) >= 11 is 5.89. The maximum Gasteiger partial charge on any atom is 0.258 e. The van der Waals surface area contributed by atoms with Gasteiger partial charge >= 0.3 is 0 Å². The van der Waals surface area contributed by atoms with Crippen molar-refractivity contribution in [2.24, 2.45) is 16.5 Å². The molecule has 2 unspecified atom stereocenters. The van der Waals surface area contributed by atoms with E-state index in [4.69, 9.17) is 23.1 Å². The number of carbonyl (C=O) groups is 1. The Morgan fingerprint density at radius 2 is 1.86 bits per heavy atom. The Morgan fingerprint density at radius 1 is 1.18 bits per heavy atom. The monoisotopic (exact) mass is 405 g/mol. The third-order valence-electron chi connectivity index (χ3n) is 3.83. The zero-order valence-electron chi connectivity index (χ0n) is 15.8.